The highest BCUT2D eigenvalue weighted by Crippen LogP contribution is 2.33. The second-order valence-corrected chi connectivity index (χ2v) is 5.78. The van der Waals surface area contributed by atoms with Gasteiger partial charge in [0.2, 0.25) is 0 Å². The van der Waals surface area contributed by atoms with Gasteiger partial charge in [0.05, 0.1) is 37.4 Å². The first kappa shape index (κ1) is 16.6. The molecule has 0 spiro atoms. The average Bonchev–Trinajstić information content (AvgIpc) is 2.64. The molecular weight excluding hydrogens is 312 g/mol. The van der Waals surface area contributed by atoms with Crippen LogP contribution in [0.3, 0.4) is 0 Å². The lowest BCUT2D eigenvalue weighted by Gasteiger charge is -2.31. The summed E-state index contributed by atoms with van der Waals surface area (Å²) in [5.41, 5.74) is 1.29. The van der Waals surface area contributed by atoms with E-state index in [0.29, 0.717) is 63.9 Å². The fourth-order valence-electron chi connectivity index (χ4n) is 3.13. The van der Waals surface area contributed by atoms with Gasteiger partial charge < -0.3 is 14.4 Å². The van der Waals surface area contributed by atoms with Crippen molar-refractivity contribution >= 4 is 11.4 Å². The minimum atomic E-state index is -0.494. The standard InChI is InChI=1S/C16H20N4O4/c17-12-16(19-5-9-24-10-6-19)13-1-2-14(15(11-13)20(21)22)18-3-7-23-8-4-18/h1-2,11,16H,3-10H2. The molecule has 1 aromatic carbocycles. The Balaban J connectivity index is 1.90. The molecule has 0 N–H and O–H groups in total. The first-order valence-corrected chi connectivity index (χ1v) is 8.03. The van der Waals surface area contributed by atoms with E-state index in [4.69, 9.17) is 9.47 Å². The molecule has 1 atom stereocenters. The lowest BCUT2D eigenvalue weighted by molar-refractivity contribution is -0.384. The minimum absolute atomic E-state index is 0.0444. The summed E-state index contributed by atoms with van der Waals surface area (Å²) in [6, 6.07) is 6.88. The Hall–Kier alpha value is -2.21. The van der Waals surface area contributed by atoms with Crippen molar-refractivity contribution in [3.8, 4) is 6.07 Å². The zero-order chi connectivity index (χ0) is 16.9. The van der Waals surface area contributed by atoms with E-state index in [2.05, 4.69) is 6.07 Å². The second-order valence-electron chi connectivity index (χ2n) is 5.78. The molecule has 2 fully saturated rings. The Labute approximate surface area is 140 Å². The van der Waals surface area contributed by atoms with Crippen molar-refractivity contribution in [2.45, 2.75) is 6.04 Å². The first-order valence-electron chi connectivity index (χ1n) is 8.03. The maximum atomic E-state index is 11.5. The van der Waals surface area contributed by atoms with Crippen LogP contribution in [0.2, 0.25) is 0 Å². The third-order valence-electron chi connectivity index (χ3n) is 4.40. The highest BCUT2D eigenvalue weighted by atomic mass is 16.6. The van der Waals surface area contributed by atoms with Crippen LogP contribution in [0.5, 0.6) is 0 Å². The fourth-order valence-corrected chi connectivity index (χ4v) is 3.13. The smallest absolute Gasteiger partial charge is 0.292 e. The number of hydrogen-bond donors (Lipinski definition) is 0. The van der Waals surface area contributed by atoms with Gasteiger partial charge in [0.25, 0.3) is 5.69 Å². The van der Waals surface area contributed by atoms with Crippen molar-refractivity contribution in [2.75, 3.05) is 57.5 Å². The Morgan fingerprint density at radius 3 is 2.33 bits per heavy atom. The number of rotatable bonds is 4. The Morgan fingerprint density at radius 1 is 1.12 bits per heavy atom. The topological polar surface area (TPSA) is 91.9 Å². The van der Waals surface area contributed by atoms with Crippen LogP contribution in [0.4, 0.5) is 11.4 Å². The molecule has 24 heavy (non-hydrogen) atoms. The van der Waals surface area contributed by atoms with E-state index in [-0.39, 0.29) is 10.6 Å². The molecule has 8 nitrogen and oxygen atoms in total. The number of anilines is 1. The molecule has 0 bridgehead atoms. The number of nitro benzene ring substituents is 1. The molecule has 2 aliphatic heterocycles. The monoisotopic (exact) mass is 332 g/mol. The van der Waals surface area contributed by atoms with E-state index in [0.717, 1.165) is 0 Å². The highest BCUT2D eigenvalue weighted by Gasteiger charge is 2.27. The van der Waals surface area contributed by atoms with Gasteiger partial charge in [-0.3, -0.25) is 15.0 Å². The summed E-state index contributed by atoms with van der Waals surface area (Å²) in [5, 5.41) is 21.1. The number of hydrogen-bond acceptors (Lipinski definition) is 7. The van der Waals surface area contributed by atoms with Crippen molar-refractivity contribution in [3.63, 3.8) is 0 Å². The molecule has 8 heteroatoms. The average molecular weight is 332 g/mol. The van der Waals surface area contributed by atoms with Crippen LogP contribution < -0.4 is 4.90 Å². The lowest BCUT2D eigenvalue weighted by Crippen LogP contribution is -2.38. The number of benzene rings is 1. The van der Waals surface area contributed by atoms with E-state index in [9.17, 15) is 15.4 Å². The molecule has 2 aliphatic rings. The van der Waals surface area contributed by atoms with E-state index in [1.807, 2.05) is 15.9 Å². The zero-order valence-electron chi connectivity index (χ0n) is 13.4. The predicted molar refractivity (Wildman–Crippen MR) is 86.9 cm³/mol. The van der Waals surface area contributed by atoms with Crippen molar-refractivity contribution < 1.29 is 14.4 Å². The molecule has 0 aromatic heterocycles. The third kappa shape index (κ3) is 3.48. The van der Waals surface area contributed by atoms with Crippen LogP contribution >= 0.6 is 0 Å². The van der Waals surface area contributed by atoms with E-state index in [1.165, 1.54) is 6.07 Å². The SMILES string of the molecule is N#CC(c1ccc(N2CCOCC2)c([N+](=O)[O-])c1)N1CCOCC1. The van der Waals surface area contributed by atoms with Crippen molar-refractivity contribution in [2.24, 2.45) is 0 Å². The molecule has 2 heterocycles. The largest absolute Gasteiger partial charge is 0.379 e. The molecule has 0 amide bonds. The van der Waals surface area contributed by atoms with Crippen LogP contribution in [0.15, 0.2) is 18.2 Å². The van der Waals surface area contributed by atoms with Crippen LogP contribution in [0.25, 0.3) is 0 Å². The van der Waals surface area contributed by atoms with Crippen molar-refractivity contribution in [1.29, 1.82) is 5.26 Å². The molecule has 2 saturated heterocycles. The van der Waals surface area contributed by atoms with Gasteiger partial charge in [-0.2, -0.15) is 5.26 Å². The maximum absolute atomic E-state index is 11.5. The van der Waals surface area contributed by atoms with Crippen LogP contribution in [-0.2, 0) is 9.47 Å². The number of morpholine rings is 2. The van der Waals surface area contributed by atoms with Crippen LogP contribution in [0, 0.1) is 21.4 Å². The number of nitrogens with zero attached hydrogens (tertiary/aromatic N) is 4. The fraction of sp³-hybridized carbons (Fsp3) is 0.562. The van der Waals surface area contributed by atoms with Gasteiger partial charge in [0, 0.05) is 32.2 Å². The van der Waals surface area contributed by atoms with Gasteiger partial charge in [0.15, 0.2) is 0 Å². The van der Waals surface area contributed by atoms with Gasteiger partial charge in [-0.25, -0.2) is 0 Å². The Kier molecular flexibility index (Phi) is 5.25. The van der Waals surface area contributed by atoms with Crippen LogP contribution in [-0.4, -0.2) is 62.4 Å². The summed E-state index contributed by atoms with van der Waals surface area (Å²) in [7, 11) is 0. The first-order chi connectivity index (χ1) is 11.7. The Morgan fingerprint density at radius 2 is 1.75 bits per heavy atom. The van der Waals surface area contributed by atoms with E-state index >= 15 is 0 Å². The van der Waals surface area contributed by atoms with Gasteiger partial charge in [-0.05, 0) is 11.6 Å². The maximum Gasteiger partial charge on any atom is 0.292 e. The normalized spacial score (nSPS) is 20.4. The van der Waals surface area contributed by atoms with Gasteiger partial charge in [-0.15, -0.1) is 0 Å². The van der Waals surface area contributed by atoms with Gasteiger partial charge in [0.1, 0.15) is 11.7 Å². The molecule has 3 rings (SSSR count). The number of nitro groups is 1. The summed E-state index contributed by atoms with van der Waals surface area (Å²) < 4.78 is 10.6. The minimum Gasteiger partial charge on any atom is -0.379 e. The summed E-state index contributed by atoms with van der Waals surface area (Å²) in [4.78, 5) is 15.1. The molecule has 1 aromatic rings. The van der Waals surface area contributed by atoms with E-state index < -0.39 is 6.04 Å². The van der Waals surface area contributed by atoms with Gasteiger partial charge in [-0.1, -0.05) is 6.07 Å². The molecule has 1 unspecified atom stereocenters. The summed E-state index contributed by atoms with van der Waals surface area (Å²) in [6.45, 7) is 4.84. The van der Waals surface area contributed by atoms with Crippen molar-refractivity contribution in [3.05, 3.63) is 33.9 Å². The quantitative estimate of drug-likeness (QED) is 0.606. The summed E-state index contributed by atoms with van der Waals surface area (Å²) in [5.74, 6) is 0. The molecule has 0 aliphatic carbocycles. The van der Waals surface area contributed by atoms with Crippen molar-refractivity contribution in [1.82, 2.24) is 4.90 Å². The lowest BCUT2D eigenvalue weighted by atomic mass is 10.0. The summed E-state index contributed by atoms with van der Waals surface area (Å²) >= 11 is 0. The molecule has 0 radical (unpaired) electrons. The third-order valence-corrected chi connectivity index (χ3v) is 4.40. The number of ether oxygens (including phenoxy) is 2. The zero-order valence-corrected chi connectivity index (χ0v) is 13.4. The predicted octanol–water partition coefficient (Wildman–Crippen LogP) is 1.33. The molecular formula is C16H20N4O4. The Bertz CT molecular complexity index is 633. The summed E-state index contributed by atoms with van der Waals surface area (Å²) in [6.07, 6.45) is 0. The number of nitriles is 1. The van der Waals surface area contributed by atoms with Crippen LogP contribution in [0.1, 0.15) is 11.6 Å². The molecule has 128 valence electrons. The second kappa shape index (κ2) is 7.57. The van der Waals surface area contributed by atoms with E-state index in [1.54, 1.807) is 6.07 Å². The molecule has 0 saturated carbocycles. The van der Waals surface area contributed by atoms with Gasteiger partial charge >= 0.3 is 0 Å². The highest BCUT2D eigenvalue weighted by molar-refractivity contribution is 5.65.